The largest absolute Gasteiger partial charge is 0.534 e. The highest BCUT2D eigenvalue weighted by Gasteiger charge is 2.49. The summed E-state index contributed by atoms with van der Waals surface area (Å²) < 4.78 is 68.6. The summed E-state index contributed by atoms with van der Waals surface area (Å²) in [5, 5.41) is 0.445. The molecule has 0 aliphatic carbocycles. The van der Waals surface area contributed by atoms with Crippen LogP contribution in [0.25, 0.3) is 10.8 Å². The van der Waals surface area contributed by atoms with Crippen LogP contribution in [0.5, 0.6) is 5.75 Å². The van der Waals surface area contributed by atoms with Crippen molar-refractivity contribution in [3.63, 3.8) is 0 Å². The van der Waals surface area contributed by atoms with E-state index in [1.54, 1.807) is 6.07 Å². The lowest BCUT2D eigenvalue weighted by Crippen LogP contribution is -2.28. The van der Waals surface area contributed by atoms with Gasteiger partial charge in [0.25, 0.3) is 0 Å². The standard InChI is InChI=1S/C13H9F3O5S/c1-20-12(17)10-7-6-8-4-2-3-5-9(8)11(10)21-22(18,19)13(14,15)16/h2-7H,1H3. The minimum Gasteiger partial charge on any atom is -0.465 e. The third-order valence-corrected chi connectivity index (χ3v) is 3.71. The van der Waals surface area contributed by atoms with E-state index in [0.29, 0.717) is 5.39 Å². The summed E-state index contributed by atoms with van der Waals surface area (Å²) in [6, 6.07) is 8.51. The van der Waals surface area contributed by atoms with Crippen molar-refractivity contribution in [1.82, 2.24) is 0 Å². The molecule has 0 aromatic heterocycles. The first kappa shape index (κ1) is 16.1. The van der Waals surface area contributed by atoms with E-state index in [-0.39, 0.29) is 5.39 Å². The fraction of sp³-hybridized carbons (Fsp3) is 0.154. The topological polar surface area (TPSA) is 69.7 Å². The van der Waals surface area contributed by atoms with Crippen molar-refractivity contribution in [3.05, 3.63) is 42.0 Å². The van der Waals surface area contributed by atoms with Crippen molar-refractivity contribution < 1.29 is 35.3 Å². The molecule has 0 saturated carbocycles. The van der Waals surface area contributed by atoms with Gasteiger partial charge in [-0.15, -0.1) is 0 Å². The minimum absolute atomic E-state index is 0.0400. The molecule has 118 valence electrons. The average molecular weight is 334 g/mol. The van der Waals surface area contributed by atoms with E-state index in [2.05, 4.69) is 8.92 Å². The summed E-state index contributed by atoms with van der Waals surface area (Å²) in [5.41, 5.74) is -6.04. The van der Waals surface area contributed by atoms with E-state index >= 15 is 0 Å². The number of carbonyl (C=O) groups excluding carboxylic acids is 1. The van der Waals surface area contributed by atoms with Gasteiger partial charge >= 0.3 is 21.6 Å². The average Bonchev–Trinajstić information content (AvgIpc) is 2.45. The van der Waals surface area contributed by atoms with Crippen LogP contribution in [0.15, 0.2) is 36.4 Å². The Morgan fingerprint density at radius 1 is 1.09 bits per heavy atom. The van der Waals surface area contributed by atoms with Gasteiger partial charge in [-0.25, -0.2) is 4.79 Å². The molecule has 0 N–H and O–H groups in total. The Balaban J connectivity index is 2.71. The van der Waals surface area contributed by atoms with Crippen LogP contribution in [0, 0.1) is 0 Å². The highest BCUT2D eigenvalue weighted by atomic mass is 32.2. The van der Waals surface area contributed by atoms with Crippen molar-refractivity contribution in [2.45, 2.75) is 5.51 Å². The van der Waals surface area contributed by atoms with E-state index < -0.39 is 32.9 Å². The molecule has 0 unspecified atom stereocenters. The van der Waals surface area contributed by atoms with Crippen molar-refractivity contribution in [2.75, 3.05) is 7.11 Å². The first-order valence-corrected chi connectivity index (χ1v) is 7.19. The maximum absolute atomic E-state index is 12.5. The van der Waals surface area contributed by atoms with Gasteiger partial charge in [-0.3, -0.25) is 0 Å². The van der Waals surface area contributed by atoms with Crippen LogP contribution < -0.4 is 4.18 Å². The van der Waals surface area contributed by atoms with Gasteiger partial charge in [0.15, 0.2) is 5.75 Å². The summed E-state index contributed by atoms with van der Waals surface area (Å²) in [4.78, 5) is 11.6. The molecule has 2 aromatic rings. The number of methoxy groups -OCH3 is 1. The van der Waals surface area contributed by atoms with Crippen LogP contribution in [0.3, 0.4) is 0 Å². The summed E-state index contributed by atoms with van der Waals surface area (Å²) >= 11 is 0. The molecule has 0 saturated heterocycles. The molecule has 5 nitrogen and oxygen atoms in total. The van der Waals surface area contributed by atoms with E-state index in [9.17, 15) is 26.4 Å². The number of ether oxygens (including phenoxy) is 1. The van der Waals surface area contributed by atoms with E-state index in [1.165, 1.54) is 24.3 Å². The van der Waals surface area contributed by atoms with Gasteiger partial charge in [0, 0.05) is 5.39 Å². The molecule has 0 atom stereocenters. The Bertz CT molecular complexity index is 827. The van der Waals surface area contributed by atoms with Gasteiger partial charge in [0.1, 0.15) is 5.56 Å². The van der Waals surface area contributed by atoms with Crippen molar-refractivity contribution in [1.29, 1.82) is 0 Å². The van der Waals surface area contributed by atoms with Crippen LogP contribution in [-0.4, -0.2) is 27.0 Å². The van der Waals surface area contributed by atoms with E-state index in [4.69, 9.17) is 0 Å². The number of hydrogen-bond donors (Lipinski definition) is 0. The third kappa shape index (κ3) is 2.84. The van der Waals surface area contributed by atoms with Gasteiger partial charge in [-0.2, -0.15) is 21.6 Å². The Kier molecular flexibility index (Phi) is 4.01. The number of rotatable bonds is 3. The Hall–Kier alpha value is -2.29. The zero-order valence-electron chi connectivity index (χ0n) is 11.0. The quantitative estimate of drug-likeness (QED) is 0.490. The molecule has 0 radical (unpaired) electrons. The van der Waals surface area contributed by atoms with Crippen molar-refractivity contribution in [3.8, 4) is 5.75 Å². The van der Waals surface area contributed by atoms with Gasteiger partial charge in [0.2, 0.25) is 0 Å². The number of esters is 1. The minimum atomic E-state index is -5.91. The molecule has 0 bridgehead atoms. The maximum atomic E-state index is 12.5. The summed E-state index contributed by atoms with van der Waals surface area (Å²) in [5.74, 6) is -1.74. The molecule has 22 heavy (non-hydrogen) atoms. The zero-order valence-corrected chi connectivity index (χ0v) is 11.9. The SMILES string of the molecule is COC(=O)c1ccc2ccccc2c1OS(=O)(=O)C(F)(F)F. The van der Waals surface area contributed by atoms with Crippen LogP contribution in [-0.2, 0) is 14.9 Å². The number of carbonyl (C=O) groups is 1. The molecular formula is C13H9F3O5S. The second kappa shape index (κ2) is 5.48. The number of hydrogen-bond acceptors (Lipinski definition) is 5. The predicted octanol–water partition coefficient (Wildman–Crippen LogP) is 2.85. The molecular weight excluding hydrogens is 325 g/mol. The van der Waals surface area contributed by atoms with Gasteiger partial charge < -0.3 is 8.92 Å². The first-order valence-electron chi connectivity index (χ1n) is 5.78. The second-order valence-electron chi connectivity index (χ2n) is 4.14. The lowest BCUT2D eigenvalue weighted by Gasteiger charge is -2.14. The number of alkyl halides is 3. The first-order chi connectivity index (χ1) is 10.2. The fourth-order valence-electron chi connectivity index (χ4n) is 1.76. The van der Waals surface area contributed by atoms with Crippen LogP contribution in [0.1, 0.15) is 10.4 Å². The maximum Gasteiger partial charge on any atom is 0.534 e. The normalized spacial score (nSPS) is 12.2. The van der Waals surface area contributed by atoms with E-state index in [1.807, 2.05) is 0 Å². The molecule has 0 aliphatic heterocycles. The van der Waals surface area contributed by atoms with Gasteiger partial charge in [-0.05, 0) is 11.5 Å². The van der Waals surface area contributed by atoms with Gasteiger partial charge in [-0.1, -0.05) is 30.3 Å². The molecule has 9 heteroatoms. The molecule has 0 amide bonds. The van der Waals surface area contributed by atoms with Crippen LogP contribution >= 0.6 is 0 Å². The molecule has 2 rings (SSSR count). The number of fused-ring (bicyclic) bond motifs is 1. The Labute approximate surface area is 123 Å². The summed E-state index contributed by atoms with van der Waals surface area (Å²) in [7, 11) is -4.90. The highest BCUT2D eigenvalue weighted by Crippen LogP contribution is 2.35. The van der Waals surface area contributed by atoms with Crippen molar-refractivity contribution >= 4 is 26.9 Å². The molecule has 2 aromatic carbocycles. The summed E-state index contributed by atoms with van der Waals surface area (Å²) in [6.45, 7) is 0. The smallest absolute Gasteiger partial charge is 0.465 e. The lowest BCUT2D eigenvalue weighted by atomic mass is 10.1. The zero-order chi connectivity index (χ0) is 16.5. The third-order valence-electron chi connectivity index (χ3n) is 2.76. The molecule has 0 fully saturated rings. The molecule has 0 aliphatic rings. The fourth-order valence-corrected chi connectivity index (χ4v) is 2.25. The second-order valence-corrected chi connectivity index (χ2v) is 5.68. The van der Waals surface area contributed by atoms with Crippen LogP contribution in [0.4, 0.5) is 13.2 Å². The Morgan fingerprint density at radius 2 is 1.73 bits per heavy atom. The van der Waals surface area contributed by atoms with Gasteiger partial charge in [0.05, 0.1) is 7.11 Å². The van der Waals surface area contributed by atoms with Crippen LogP contribution in [0.2, 0.25) is 0 Å². The van der Waals surface area contributed by atoms with E-state index in [0.717, 1.165) is 13.2 Å². The lowest BCUT2D eigenvalue weighted by molar-refractivity contribution is -0.0500. The molecule has 0 spiro atoms. The predicted molar refractivity (Wildman–Crippen MR) is 70.9 cm³/mol. The van der Waals surface area contributed by atoms with Crippen molar-refractivity contribution in [2.24, 2.45) is 0 Å². The number of benzene rings is 2. The monoisotopic (exact) mass is 334 g/mol. The Morgan fingerprint density at radius 3 is 2.32 bits per heavy atom. The summed E-state index contributed by atoms with van der Waals surface area (Å²) in [6.07, 6.45) is 0. The molecule has 0 heterocycles. The number of halogens is 3. The highest BCUT2D eigenvalue weighted by molar-refractivity contribution is 7.88.